The van der Waals surface area contributed by atoms with Gasteiger partial charge in [0.15, 0.2) is 0 Å². The molecule has 0 aliphatic carbocycles. The van der Waals surface area contributed by atoms with Gasteiger partial charge in [0.1, 0.15) is 11.2 Å². The van der Waals surface area contributed by atoms with Crippen molar-refractivity contribution in [2.45, 2.75) is 38.9 Å². The van der Waals surface area contributed by atoms with Gasteiger partial charge in [0.25, 0.3) is 0 Å². The van der Waals surface area contributed by atoms with Gasteiger partial charge >= 0.3 is 7.12 Å². The number of furan rings is 1. The number of hydrogen-bond donors (Lipinski definition) is 0. The summed E-state index contributed by atoms with van der Waals surface area (Å²) in [6.07, 6.45) is 0. The Morgan fingerprint density at radius 2 is 1.39 bits per heavy atom. The van der Waals surface area contributed by atoms with E-state index >= 15 is 0 Å². The number of hydrogen-bond acceptors (Lipinski definition) is 4. The third kappa shape index (κ3) is 2.74. The topological polar surface area (TPSA) is 31.6 Å². The van der Waals surface area contributed by atoms with Crippen LogP contribution in [0.2, 0.25) is 0 Å². The zero-order valence-corrected chi connectivity index (χ0v) is 18.9. The van der Waals surface area contributed by atoms with Gasteiger partial charge in [-0.05, 0) is 56.1 Å². The Bertz CT molecular complexity index is 1440. The Morgan fingerprint density at radius 3 is 2.19 bits per heavy atom. The van der Waals surface area contributed by atoms with E-state index in [0.717, 1.165) is 33.0 Å². The Hall–Kier alpha value is -2.60. The molecule has 0 unspecified atom stereocenters. The number of benzene rings is 3. The van der Waals surface area contributed by atoms with Crippen LogP contribution in [0.5, 0.6) is 0 Å². The number of para-hydroxylation sites is 2. The number of fused-ring (bicyclic) bond motifs is 4. The van der Waals surface area contributed by atoms with Gasteiger partial charge in [0.05, 0.1) is 11.2 Å². The van der Waals surface area contributed by atoms with Crippen LogP contribution in [-0.2, 0) is 9.31 Å². The molecule has 1 fully saturated rings. The highest BCUT2D eigenvalue weighted by molar-refractivity contribution is 7.15. The number of rotatable bonds is 2. The normalized spacial score (nSPS) is 17.9. The maximum Gasteiger partial charge on any atom is 0.495 e. The molecule has 0 bridgehead atoms. The maximum absolute atomic E-state index is 6.35. The van der Waals surface area contributed by atoms with Gasteiger partial charge in [-0.25, -0.2) is 0 Å². The van der Waals surface area contributed by atoms with E-state index in [4.69, 9.17) is 13.7 Å². The molecule has 3 nitrogen and oxygen atoms in total. The van der Waals surface area contributed by atoms with Crippen molar-refractivity contribution in [1.82, 2.24) is 0 Å². The lowest BCUT2D eigenvalue weighted by atomic mass is 9.76. The summed E-state index contributed by atoms with van der Waals surface area (Å²) in [6, 6.07) is 21.0. The molecule has 2 aromatic heterocycles. The standard InChI is InChI=1S/C26H23BO3S/c1-25(2)26(3,4)30-27(29-25)21-13-8-11-18-20(21)15-31-24(18)19-12-7-10-17-16-9-5-6-14-22(16)28-23(17)19/h5-15H,1-4H3. The van der Waals surface area contributed by atoms with Gasteiger partial charge in [-0.1, -0.05) is 48.5 Å². The fourth-order valence-corrected chi connectivity index (χ4v) is 5.50. The molecule has 3 aromatic carbocycles. The Kier molecular flexibility index (Phi) is 3.98. The van der Waals surface area contributed by atoms with Crippen molar-refractivity contribution in [2.75, 3.05) is 0 Å². The minimum absolute atomic E-state index is 0.363. The summed E-state index contributed by atoms with van der Waals surface area (Å²) in [6.45, 7) is 8.37. The number of thiophene rings is 1. The average molecular weight is 426 g/mol. The van der Waals surface area contributed by atoms with E-state index in [-0.39, 0.29) is 18.3 Å². The molecule has 0 amide bonds. The van der Waals surface area contributed by atoms with Crippen molar-refractivity contribution in [3.63, 3.8) is 0 Å². The van der Waals surface area contributed by atoms with Crippen LogP contribution in [0.15, 0.2) is 70.5 Å². The van der Waals surface area contributed by atoms with E-state index in [1.807, 2.05) is 12.1 Å². The van der Waals surface area contributed by atoms with Crippen molar-refractivity contribution in [2.24, 2.45) is 0 Å². The molecule has 6 rings (SSSR count). The summed E-state index contributed by atoms with van der Waals surface area (Å²) < 4.78 is 19.0. The van der Waals surface area contributed by atoms with Gasteiger partial charge in [-0.15, -0.1) is 11.3 Å². The van der Waals surface area contributed by atoms with E-state index in [0.29, 0.717) is 0 Å². The second-order valence-corrected chi connectivity index (χ2v) is 10.1. The van der Waals surface area contributed by atoms with Crippen LogP contribution in [-0.4, -0.2) is 18.3 Å². The molecule has 31 heavy (non-hydrogen) atoms. The molecule has 0 N–H and O–H groups in total. The summed E-state index contributed by atoms with van der Waals surface area (Å²) in [5.74, 6) is 0. The molecule has 3 heterocycles. The second kappa shape index (κ2) is 6.46. The highest BCUT2D eigenvalue weighted by Crippen LogP contribution is 2.42. The molecule has 0 atom stereocenters. The van der Waals surface area contributed by atoms with Crippen LogP contribution in [0.25, 0.3) is 43.2 Å². The summed E-state index contributed by atoms with van der Waals surface area (Å²) >= 11 is 1.74. The van der Waals surface area contributed by atoms with Crippen LogP contribution < -0.4 is 5.46 Å². The van der Waals surface area contributed by atoms with Gasteiger partial charge in [-0.2, -0.15) is 0 Å². The largest absolute Gasteiger partial charge is 0.495 e. The zero-order valence-electron chi connectivity index (χ0n) is 18.1. The lowest BCUT2D eigenvalue weighted by Crippen LogP contribution is -2.41. The predicted octanol–water partition coefficient (Wildman–Crippen LogP) is 6.77. The molecular formula is C26H23BO3S. The van der Waals surface area contributed by atoms with Gasteiger partial charge in [0.2, 0.25) is 0 Å². The van der Waals surface area contributed by atoms with Gasteiger partial charge in [0, 0.05) is 26.6 Å². The quantitative estimate of drug-likeness (QED) is 0.292. The lowest BCUT2D eigenvalue weighted by molar-refractivity contribution is 0.00578. The predicted molar refractivity (Wildman–Crippen MR) is 130 cm³/mol. The smallest absolute Gasteiger partial charge is 0.455 e. The molecule has 1 aliphatic heterocycles. The second-order valence-electron chi connectivity index (χ2n) is 9.24. The Labute approximate surface area is 185 Å². The molecule has 0 radical (unpaired) electrons. The van der Waals surface area contributed by atoms with Crippen LogP contribution in [0, 0.1) is 0 Å². The third-order valence-electron chi connectivity index (χ3n) is 6.84. The van der Waals surface area contributed by atoms with Crippen molar-refractivity contribution < 1.29 is 13.7 Å². The average Bonchev–Trinajstić information content (AvgIpc) is 3.39. The van der Waals surface area contributed by atoms with Crippen molar-refractivity contribution in [3.05, 3.63) is 66.0 Å². The van der Waals surface area contributed by atoms with Crippen LogP contribution in [0.4, 0.5) is 0 Å². The van der Waals surface area contributed by atoms with Gasteiger partial charge in [-0.3, -0.25) is 0 Å². The first-order valence-electron chi connectivity index (χ1n) is 10.6. The molecular weight excluding hydrogens is 403 g/mol. The molecule has 154 valence electrons. The highest BCUT2D eigenvalue weighted by atomic mass is 32.1. The third-order valence-corrected chi connectivity index (χ3v) is 7.86. The summed E-state index contributed by atoms with van der Waals surface area (Å²) in [4.78, 5) is 1.21. The summed E-state index contributed by atoms with van der Waals surface area (Å²) in [5.41, 5.74) is 3.34. The van der Waals surface area contributed by atoms with Crippen LogP contribution in [0.1, 0.15) is 27.7 Å². The summed E-state index contributed by atoms with van der Waals surface area (Å²) in [7, 11) is -0.377. The summed E-state index contributed by atoms with van der Waals surface area (Å²) in [5, 5.41) is 6.89. The monoisotopic (exact) mass is 426 g/mol. The van der Waals surface area contributed by atoms with Crippen molar-refractivity contribution in [3.8, 4) is 10.4 Å². The van der Waals surface area contributed by atoms with E-state index < -0.39 is 0 Å². The van der Waals surface area contributed by atoms with E-state index in [1.165, 1.54) is 15.6 Å². The minimum Gasteiger partial charge on any atom is -0.455 e. The minimum atomic E-state index is -0.377. The lowest BCUT2D eigenvalue weighted by Gasteiger charge is -2.32. The Balaban J connectivity index is 1.53. The first-order chi connectivity index (χ1) is 14.9. The van der Waals surface area contributed by atoms with E-state index in [2.05, 4.69) is 81.6 Å². The maximum atomic E-state index is 6.35. The van der Waals surface area contributed by atoms with Crippen LogP contribution in [0.3, 0.4) is 0 Å². The molecule has 5 aromatic rings. The molecule has 0 saturated carbocycles. The Morgan fingerprint density at radius 1 is 0.710 bits per heavy atom. The van der Waals surface area contributed by atoms with Gasteiger partial charge < -0.3 is 13.7 Å². The fourth-order valence-electron chi connectivity index (χ4n) is 4.40. The SMILES string of the molecule is CC1(C)OB(c2cccc3c(-c4cccc5c4oc4ccccc45)scc23)OC1(C)C. The van der Waals surface area contributed by atoms with Crippen LogP contribution >= 0.6 is 11.3 Å². The van der Waals surface area contributed by atoms with Crippen molar-refractivity contribution in [1.29, 1.82) is 0 Å². The fraction of sp³-hybridized carbons (Fsp3) is 0.231. The first-order valence-corrected chi connectivity index (χ1v) is 11.5. The molecule has 1 saturated heterocycles. The highest BCUT2D eigenvalue weighted by Gasteiger charge is 2.52. The molecule has 5 heteroatoms. The van der Waals surface area contributed by atoms with E-state index in [9.17, 15) is 0 Å². The van der Waals surface area contributed by atoms with Crippen molar-refractivity contribution >= 4 is 56.6 Å². The zero-order chi connectivity index (χ0) is 21.4. The molecule has 1 aliphatic rings. The van der Waals surface area contributed by atoms with E-state index in [1.54, 1.807) is 11.3 Å². The first kappa shape index (κ1) is 19.1. The molecule has 0 spiro atoms.